The minimum absolute atomic E-state index is 0.0933. The number of likely N-dealkylation sites (tertiary alicyclic amines) is 1. The van der Waals surface area contributed by atoms with E-state index in [-0.39, 0.29) is 13.2 Å². The van der Waals surface area contributed by atoms with E-state index < -0.39 is 59.0 Å². The zero-order chi connectivity index (χ0) is 28.0. The van der Waals surface area contributed by atoms with Gasteiger partial charge < -0.3 is 24.8 Å². The molecule has 1 aliphatic rings. The van der Waals surface area contributed by atoms with E-state index in [1.165, 1.54) is 4.90 Å². The van der Waals surface area contributed by atoms with E-state index in [1.807, 2.05) is 0 Å². The Kier molecular flexibility index (Phi) is 9.66. The number of nitrogens with one attached hydrogen (secondary N) is 2. The van der Waals surface area contributed by atoms with E-state index in [9.17, 15) is 29.1 Å². The molecular weight excluding hydrogens is 482 g/mol. The lowest BCUT2D eigenvalue weighted by molar-refractivity contribution is -0.160. The Labute approximate surface area is 216 Å². The number of carboxylic acids is 1. The lowest BCUT2D eigenvalue weighted by Crippen LogP contribution is -2.61. The van der Waals surface area contributed by atoms with Crippen LogP contribution in [-0.4, -0.2) is 70.1 Å². The van der Waals surface area contributed by atoms with Gasteiger partial charge in [0.2, 0.25) is 11.9 Å². The molecule has 2 rings (SSSR count). The zero-order valence-electron chi connectivity index (χ0n) is 22.2. The summed E-state index contributed by atoms with van der Waals surface area (Å²) in [6.45, 7) is 10.1. The lowest BCUT2D eigenvalue weighted by Gasteiger charge is -2.35. The van der Waals surface area contributed by atoms with Gasteiger partial charge in [0.15, 0.2) is 0 Å². The van der Waals surface area contributed by atoms with Crippen molar-refractivity contribution in [3.63, 3.8) is 0 Å². The van der Waals surface area contributed by atoms with E-state index in [2.05, 4.69) is 10.6 Å². The number of esters is 1. The van der Waals surface area contributed by atoms with Crippen LogP contribution >= 0.6 is 0 Å². The molecule has 0 saturated carbocycles. The number of nitrogens with zero attached hydrogens (tertiary/aromatic N) is 1. The summed E-state index contributed by atoms with van der Waals surface area (Å²) >= 11 is 0. The number of aliphatic carboxylic acids is 1. The summed E-state index contributed by atoms with van der Waals surface area (Å²) in [7, 11) is 0. The van der Waals surface area contributed by atoms with E-state index in [0.29, 0.717) is 18.4 Å². The number of hydrogen-bond acceptors (Lipinski definition) is 7. The molecule has 0 radical (unpaired) electrons. The normalized spacial score (nSPS) is 17.4. The topological polar surface area (TPSA) is 151 Å². The van der Waals surface area contributed by atoms with Crippen LogP contribution in [0.1, 0.15) is 59.9 Å². The Hall–Kier alpha value is -3.63. The smallest absolute Gasteiger partial charge is 0.408 e. The fraction of sp³-hybridized carbons (Fsp3) is 0.577. The first-order chi connectivity index (χ1) is 17.1. The van der Waals surface area contributed by atoms with Crippen LogP contribution < -0.4 is 10.6 Å². The number of alkyl carbamates (subject to hydrolysis) is 1. The fourth-order valence-electron chi connectivity index (χ4n) is 3.80. The number of amides is 3. The van der Waals surface area contributed by atoms with Crippen molar-refractivity contribution >= 4 is 29.8 Å². The molecule has 0 bridgehead atoms. The second-order valence-corrected chi connectivity index (χ2v) is 11.0. The average Bonchev–Trinajstić information content (AvgIpc) is 3.28. The van der Waals surface area contributed by atoms with Gasteiger partial charge in [-0.05, 0) is 44.6 Å². The summed E-state index contributed by atoms with van der Waals surface area (Å²) in [6, 6.07) is 4.85. The molecule has 1 aromatic carbocycles. The Morgan fingerprint density at radius 1 is 1.03 bits per heavy atom. The first kappa shape index (κ1) is 29.6. The second kappa shape index (κ2) is 12.1. The SMILES string of the molecule is CC(C)(C)OC(=O)C(NC(=O)OCc1ccccc1)C(=O)NC(C(=O)N1CCCC1C(=O)O)C(C)(C)C. The van der Waals surface area contributed by atoms with E-state index >= 15 is 0 Å². The van der Waals surface area contributed by atoms with E-state index in [1.54, 1.807) is 71.9 Å². The van der Waals surface area contributed by atoms with E-state index in [0.717, 1.165) is 0 Å². The van der Waals surface area contributed by atoms with Gasteiger partial charge in [-0.15, -0.1) is 0 Å². The van der Waals surface area contributed by atoms with Crippen LogP contribution in [0.25, 0.3) is 0 Å². The quantitative estimate of drug-likeness (QED) is 0.349. The van der Waals surface area contributed by atoms with Gasteiger partial charge in [-0.3, -0.25) is 14.9 Å². The molecule has 3 N–H and O–H groups in total. The average molecular weight is 520 g/mol. The number of benzene rings is 1. The van der Waals surface area contributed by atoms with Crippen LogP contribution in [0.3, 0.4) is 0 Å². The third-order valence-electron chi connectivity index (χ3n) is 5.60. The Balaban J connectivity index is 2.23. The van der Waals surface area contributed by atoms with Gasteiger partial charge in [-0.25, -0.2) is 14.4 Å². The Morgan fingerprint density at radius 3 is 2.19 bits per heavy atom. The minimum Gasteiger partial charge on any atom is -0.480 e. The predicted octanol–water partition coefficient (Wildman–Crippen LogP) is 2.23. The number of carboxylic acid groups (broad SMARTS) is 1. The summed E-state index contributed by atoms with van der Waals surface area (Å²) in [5.41, 5.74) is -1.10. The standard InChI is InChI=1S/C26H37N3O8/c1-25(2,3)19(21(31)29-14-10-13-17(29)22(32)33)28-20(30)18(23(34)37-26(4,5)6)27-24(35)36-15-16-11-8-7-9-12-16/h7-9,11-12,17-19H,10,13-15H2,1-6H3,(H,27,35)(H,28,30)(H,32,33). The molecule has 3 atom stereocenters. The largest absolute Gasteiger partial charge is 0.480 e. The number of rotatable bonds is 8. The Bertz CT molecular complexity index is 997. The zero-order valence-corrected chi connectivity index (χ0v) is 22.2. The molecule has 1 fully saturated rings. The molecule has 1 aromatic rings. The molecular formula is C26H37N3O8. The Morgan fingerprint density at radius 2 is 1.65 bits per heavy atom. The van der Waals surface area contributed by atoms with Gasteiger partial charge in [0.25, 0.3) is 5.91 Å². The van der Waals surface area contributed by atoms with Crippen LogP contribution in [0.5, 0.6) is 0 Å². The maximum atomic E-state index is 13.4. The van der Waals surface area contributed by atoms with Crippen LogP contribution in [0.2, 0.25) is 0 Å². The molecule has 3 unspecified atom stereocenters. The van der Waals surface area contributed by atoms with Crippen molar-refractivity contribution in [3.05, 3.63) is 35.9 Å². The maximum absolute atomic E-state index is 13.4. The van der Waals surface area contributed by atoms with Gasteiger partial charge in [0.05, 0.1) is 0 Å². The van der Waals surface area contributed by atoms with Crippen molar-refractivity contribution in [1.82, 2.24) is 15.5 Å². The van der Waals surface area contributed by atoms with Crippen molar-refractivity contribution in [2.24, 2.45) is 5.41 Å². The van der Waals surface area contributed by atoms with Gasteiger partial charge in [0.1, 0.15) is 24.3 Å². The molecule has 11 nitrogen and oxygen atoms in total. The highest BCUT2D eigenvalue weighted by Crippen LogP contribution is 2.26. The van der Waals surface area contributed by atoms with Crippen LogP contribution in [0.15, 0.2) is 30.3 Å². The third-order valence-corrected chi connectivity index (χ3v) is 5.60. The second-order valence-electron chi connectivity index (χ2n) is 11.0. The summed E-state index contributed by atoms with van der Waals surface area (Å²) in [6.07, 6.45) is -0.205. The van der Waals surface area contributed by atoms with Crippen LogP contribution in [0, 0.1) is 5.41 Å². The molecule has 3 amide bonds. The van der Waals surface area contributed by atoms with Gasteiger partial charge in [-0.2, -0.15) is 0 Å². The summed E-state index contributed by atoms with van der Waals surface area (Å²) < 4.78 is 10.5. The van der Waals surface area contributed by atoms with Crippen LogP contribution in [0.4, 0.5) is 4.79 Å². The van der Waals surface area contributed by atoms with Gasteiger partial charge >= 0.3 is 18.0 Å². The van der Waals surface area contributed by atoms with Gasteiger partial charge in [-0.1, -0.05) is 51.1 Å². The maximum Gasteiger partial charge on any atom is 0.408 e. The first-order valence-electron chi connectivity index (χ1n) is 12.1. The first-order valence-corrected chi connectivity index (χ1v) is 12.1. The monoisotopic (exact) mass is 519 g/mol. The van der Waals surface area contributed by atoms with Crippen molar-refractivity contribution < 1.29 is 38.6 Å². The van der Waals surface area contributed by atoms with Crippen LogP contribution in [-0.2, 0) is 35.3 Å². The number of carbonyl (C=O) groups excluding carboxylic acids is 4. The van der Waals surface area contributed by atoms with Crippen molar-refractivity contribution in [1.29, 1.82) is 0 Å². The highest BCUT2D eigenvalue weighted by molar-refractivity contribution is 6.05. The van der Waals surface area contributed by atoms with E-state index in [4.69, 9.17) is 9.47 Å². The summed E-state index contributed by atoms with van der Waals surface area (Å²) in [4.78, 5) is 64.9. The summed E-state index contributed by atoms with van der Waals surface area (Å²) in [5, 5.41) is 14.3. The number of carbonyl (C=O) groups is 5. The molecule has 37 heavy (non-hydrogen) atoms. The summed E-state index contributed by atoms with van der Waals surface area (Å²) in [5.74, 6) is -3.73. The molecule has 0 aliphatic carbocycles. The van der Waals surface area contributed by atoms with Crippen molar-refractivity contribution in [3.8, 4) is 0 Å². The van der Waals surface area contributed by atoms with Crippen molar-refractivity contribution in [2.45, 2.75) is 84.7 Å². The third kappa shape index (κ3) is 8.76. The molecule has 0 spiro atoms. The molecule has 1 heterocycles. The van der Waals surface area contributed by atoms with Gasteiger partial charge in [0, 0.05) is 6.54 Å². The van der Waals surface area contributed by atoms with Crippen molar-refractivity contribution in [2.75, 3.05) is 6.54 Å². The molecule has 204 valence electrons. The molecule has 1 aliphatic heterocycles. The minimum atomic E-state index is -1.81. The molecule has 1 saturated heterocycles. The fourth-order valence-corrected chi connectivity index (χ4v) is 3.80. The molecule has 11 heteroatoms. The number of hydrogen-bond donors (Lipinski definition) is 3. The highest BCUT2D eigenvalue weighted by atomic mass is 16.6. The highest BCUT2D eigenvalue weighted by Gasteiger charge is 2.44. The molecule has 0 aromatic heterocycles. The number of ether oxygens (including phenoxy) is 2. The predicted molar refractivity (Wildman–Crippen MR) is 133 cm³/mol. The lowest BCUT2D eigenvalue weighted by atomic mass is 9.85.